The molecule has 0 atom stereocenters. The molecule has 0 radical (unpaired) electrons. The highest BCUT2D eigenvalue weighted by Gasteiger charge is 2.41. The van der Waals surface area contributed by atoms with Crippen molar-refractivity contribution in [3.05, 3.63) is 23.0 Å². The van der Waals surface area contributed by atoms with E-state index in [-0.39, 0.29) is 23.8 Å². The van der Waals surface area contributed by atoms with E-state index in [1.807, 2.05) is 36.8 Å². The molecule has 0 unspecified atom stereocenters. The van der Waals surface area contributed by atoms with Gasteiger partial charge in [0.2, 0.25) is 5.91 Å². The summed E-state index contributed by atoms with van der Waals surface area (Å²) in [5.74, 6) is 0.336. The van der Waals surface area contributed by atoms with Gasteiger partial charge in [-0.3, -0.25) is 9.59 Å². The van der Waals surface area contributed by atoms with Crippen LogP contribution < -0.4 is 0 Å². The zero-order chi connectivity index (χ0) is 18.9. The fourth-order valence-corrected chi connectivity index (χ4v) is 4.40. The quantitative estimate of drug-likeness (QED) is 0.890. The molecule has 2 aliphatic rings. The van der Waals surface area contributed by atoms with Crippen LogP contribution in [0.1, 0.15) is 53.8 Å². The number of hydrogen-bond acceptors (Lipinski definition) is 3. The first-order chi connectivity index (χ1) is 12.4. The summed E-state index contributed by atoms with van der Waals surface area (Å²) < 4.78 is 2.06. The number of nitrogens with zero attached hydrogens (tertiary/aromatic N) is 3. The minimum absolute atomic E-state index is 0.120. The van der Waals surface area contributed by atoms with Crippen molar-refractivity contribution in [3.63, 3.8) is 0 Å². The lowest BCUT2D eigenvalue weighted by atomic mass is 9.72. The van der Waals surface area contributed by atoms with Crippen molar-refractivity contribution < 1.29 is 14.7 Å². The van der Waals surface area contributed by atoms with Crippen LogP contribution in [-0.2, 0) is 11.8 Å². The van der Waals surface area contributed by atoms with E-state index in [0.717, 1.165) is 55.8 Å². The van der Waals surface area contributed by atoms with E-state index in [1.165, 1.54) is 0 Å². The van der Waals surface area contributed by atoms with Crippen molar-refractivity contribution >= 4 is 11.8 Å². The SMILES string of the molecule is Cc1cc(C(=O)N2CCC3(CCC(=O)N(CCCO)C3)CC2)c(C)n1C. The Hall–Kier alpha value is -1.82. The van der Waals surface area contributed by atoms with Crippen molar-refractivity contribution in [3.8, 4) is 0 Å². The van der Waals surface area contributed by atoms with Crippen molar-refractivity contribution in [1.82, 2.24) is 14.4 Å². The highest BCUT2D eigenvalue weighted by molar-refractivity contribution is 5.95. The Labute approximate surface area is 155 Å². The predicted molar refractivity (Wildman–Crippen MR) is 100.0 cm³/mol. The summed E-state index contributed by atoms with van der Waals surface area (Å²) in [6, 6.07) is 1.98. The van der Waals surface area contributed by atoms with Gasteiger partial charge < -0.3 is 19.5 Å². The second-order valence-corrected chi connectivity index (χ2v) is 8.03. The molecular weight excluding hydrogens is 330 g/mol. The fourth-order valence-electron chi connectivity index (χ4n) is 4.40. The lowest BCUT2D eigenvalue weighted by Crippen LogP contribution is -2.52. The zero-order valence-corrected chi connectivity index (χ0v) is 16.3. The van der Waals surface area contributed by atoms with Crippen molar-refractivity contribution in [2.45, 2.75) is 46.0 Å². The van der Waals surface area contributed by atoms with Gasteiger partial charge in [-0.15, -0.1) is 0 Å². The molecule has 26 heavy (non-hydrogen) atoms. The predicted octanol–water partition coefficient (Wildman–Crippen LogP) is 1.87. The number of rotatable bonds is 4. The van der Waals surface area contributed by atoms with Crippen LogP contribution in [0.25, 0.3) is 0 Å². The standard InChI is InChI=1S/C20H31N3O3/c1-15-13-17(16(2)21(15)3)19(26)22-10-7-20(8-11-22)6-5-18(25)23(14-20)9-4-12-24/h13,24H,4-12,14H2,1-3H3. The number of piperidine rings is 2. The maximum absolute atomic E-state index is 12.9. The van der Waals surface area contributed by atoms with Gasteiger partial charge in [0, 0.05) is 57.6 Å². The summed E-state index contributed by atoms with van der Waals surface area (Å²) >= 11 is 0. The summed E-state index contributed by atoms with van der Waals surface area (Å²) in [6.45, 7) is 7.07. The highest BCUT2D eigenvalue weighted by Crippen LogP contribution is 2.40. The molecule has 1 aromatic rings. The van der Waals surface area contributed by atoms with E-state index < -0.39 is 0 Å². The van der Waals surface area contributed by atoms with E-state index in [1.54, 1.807) is 0 Å². The molecule has 1 aromatic heterocycles. The Morgan fingerprint density at radius 2 is 1.92 bits per heavy atom. The largest absolute Gasteiger partial charge is 0.396 e. The van der Waals surface area contributed by atoms with E-state index in [4.69, 9.17) is 5.11 Å². The normalized spacial score (nSPS) is 20.1. The molecule has 2 fully saturated rings. The summed E-state index contributed by atoms with van der Waals surface area (Å²) in [6.07, 6.45) is 4.06. The summed E-state index contributed by atoms with van der Waals surface area (Å²) in [5.41, 5.74) is 3.07. The van der Waals surface area contributed by atoms with Crippen LogP contribution in [0.4, 0.5) is 0 Å². The molecule has 0 aliphatic carbocycles. The summed E-state index contributed by atoms with van der Waals surface area (Å²) in [5, 5.41) is 9.05. The number of carbonyl (C=O) groups is 2. The smallest absolute Gasteiger partial charge is 0.255 e. The Morgan fingerprint density at radius 1 is 1.23 bits per heavy atom. The molecule has 2 saturated heterocycles. The molecule has 2 aliphatic heterocycles. The Kier molecular flexibility index (Phi) is 5.42. The number of hydrogen-bond donors (Lipinski definition) is 1. The van der Waals surface area contributed by atoms with Crippen LogP contribution in [0, 0.1) is 19.3 Å². The monoisotopic (exact) mass is 361 g/mol. The second kappa shape index (κ2) is 7.43. The van der Waals surface area contributed by atoms with E-state index in [2.05, 4.69) is 4.57 Å². The van der Waals surface area contributed by atoms with Gasteiger partial charge in [-0.1, -0.05) is 0 Å². The number of amides is 2. The van der Waals surface area contributed by atoms with Gasteiger partial charge in [0.05, 0.1) is 5.56 Å². The number of aliphatic hydroxyl groups excluding tert-OH is 1. The molecule has 2 amide bonds. The first kappa shape index (κ1) is 19.0. The Balaban J connectivity index is 1.64. The molecule has 0 aromatic carbocycles. The Morgan fingerprint density at radius 3 is 2.50 bits per heavy atom. The highest BCUT2D eigenvalue weighted by atomic mass is 16.3. The van der Waals surface area contributed by atoms with E-state index >= 15 is 0 Å². The van der Waals surface area contributed by atoms with Gasteiger partial charge in [0.15, 0.2) is 0 Å². The van der Waals surface area contributed by atoms with Crippen LogP contribution in [0.15, 0.2) is 6.07 Å². The lowest BCUT2D eigenvalue weighted by molar-refractivity contribution is -0.139. The third-order valence-corrected chi connectivity index (χ3v) is 6.45. The number of aromatic nitrogens is 1. The van der Waals surface area contributed by atoms with E-state index in [0.29, 0.717) is 19.4 Å². The van der Waals surface area contributed by atoms with Gasteiger partial charge in [0.1, 0.15) is 0 Å². The fraction of sp³-hybridized carbons (Fsp3) is 0.700. The van der Waals surface area contributed by atoms with Crippen LogP contribution in [0.2, 0.25) is 0 Å². The first-order valence-electron chi connectivity index (χ1n) is 9.68. The van der Waals surface area contributed by atoms with Gasteiger partial charge in [-0.2, -0.15) is 0 Å². The third-order valence-electron chi connectivity index (χ3n) is 6.45. The van der Waals surface area contributed by atoms with Crippen LogP contribution in [0.3, 0.4) is 0 Å². The minimum Gasteiger partial charge on any atom is -0.396 e. The topological polar surface area (TPSA) is 65.8 Å². The molecule has 0 saturated carbocycles. The number of likely N-dealkylation sites (tertiary alicyclic amines) is 2. The molecule has 6 heteroatoms. The van der Waals surface area contributed by atoms with Crippen molar-refractivity contribution in [2.24, 2.45) is 12.5 Å². The molecule has 1 spiro atoms. The van der Waals surface area contributed by atoms with E-state index in [9.17, 15) is 9.59 Å². The van der Waals surface area contributed by atoms with Gasteiger partial charge in [0.25, 0.3) is 5.91 Å². The Bertz CT molecular complexity index is 687. The second-order valence-electron chi connectivity index (χ2n) is 8.03. The average Bonchev–Trinajstić information content (AvgIpc) is 2.90. The summed E-state index contributed by atoms with van der Waals surface area (Å²) in [7, 11) is 1.99. The van der Waals surface area contributed by atoms with Gasteiger partial charge in [-0.25, -0.2) is 0 Å². The maximum Gasteiger partial charge on any atom is 0.255 e. The zero-order valence-electron chi connectivity index (χ0n) is 16.3. The number of aliphatic hydroxyl groups is 1. The number of aryl methyl sites for hydroxylation is 1. The number of carbonyl (C=O) groups excluding carboxylic acids is 2. The molecule has 0 bridgehead atoms. The van der Waals surface area contributed by atoms with Crippen LogP contribution >= 0.6 is 0 Å². The molecule has 1 N–H and O–H groups in total. The maximum atomic E-state index is 12.9. The summed E-state index contributed by atoms with van der Waals surface area (Å²) in [4.78, 5) is 29.0. The molecular formula is C20H31N3O3. The van der Waals surface area contributed by atoms with Crippen LogP contribution in [0.5, 0.6) is 0 Å². The molecule has 6 nitrogen and oxygen atoms in total. The third kappa shape index (κ3) is 3.52. The minimum atomic E-state index is 0.120. The average molecular weight is 361 g/mol. The van der Waals surface area contributed by atoms with Crippen molar-refractivity contribution in [2.75, 3.05) is 32.8 Å². The van der Waals surface area contributed by atoms with Gasteiger partial charge >= 0.3 is 0 Å². The molecule has 144 valence electrons. The lowest BCUT2D eigenvalue weighted by Gasteiger charge is -2.47. The first-order valence-corrected chi connectivity index (χ1v) is 9.68. The molecule has 3 rings (SSSR count). The van der Waals surface area contributed by atoms with Crippen LogP contribution in [-0.4, -0.2) is 64.1 Å². The van der Waals surface area contributed by atoms with Gasteiger partial charge in [-0.05, 0) is 51.0 Å². The molecule has 3 heterocycles. The van der Waals surface area contributed by atoms with Crippen molar-refractivity contribution in [1.29, 1.82) is 0 Å².